The van der Waals surface area contributed by atoms with Gasteiger partial charge in [0.25, 0.3) is 15.7 Å². The van der Waals surface area contributed by atoms with Crippen molar-refractivity contribution in [3.8, 4) is 0 Å². The minimum absolute atomic E-state index is 0.221. The lowest BCUT2D eigenvalue weighted by Gasteiger charge is -2.23. The number of aryl methyl sites for hydroxylation is 1. The van der Waals surface area contributed by atoms with Gasteiger partial charge in [0.05, 0.1) is 16.0 Å². The molecule has 0 aliphatic carbocycles. The number of nitro benzene ring substituents is 1. The fourth-order valence-electron chi connectivity index (χ4n) is 3.14. The molecule has 0 spiro atoms. The maximum atomic E-state index is 12.4. The molecule has 3 aromatic rings. The Labute approximate surface area is 187 Å². The Hall–Kier alpha value is -3.72. The third-order valence-corrected chi connectivity index (χ3v) is 6.15. The van der Waals surface area contributed by atoms with Crippen LogP contribution in [0.15, 0.2) is 82.8 Å². The summed E-state index contributed by atoms with van der Waals surface area (Å²) in [5.41, 5.74) is 3.09. The molecule has 3 aromatic carbocycles. The third-order valence-electron chi connectivity index (χ3n) is 4.93. The highest BCUT2D eigenvalue weighted by molar-refractivity contribution is 7.89. The van der Waals surface area contributed by atoms with Gasteiger partial charge in [-0.25, -0.2) is 4.83 Å². The van der Waals surface area contributed by atoms with Crippen molar-refractivity contribution < 1.29 is 13.3 Å². The molecule has 0 unspecified atom stereocenters. The van der Waals surface area contributed by atoms with Crippen LogP contribution in [0.1, 0.15) is 23.6 Å². The van der Waals surface area contributed by atoms with Gasteiger partial charge in [0.15, 0.2) is 0 Å². The average molecular weight is 453 g/mol. The highest BCUT2D eigenvalue weighted by atomic mass is 32.2. The van der Waals surface area contributed by atoms with Gasteiger partial charge in [-0.1, -0.05) is 48.5 Å². The van der Waals surface area contributed by atoms with Crippen molar-refractivity contribution in [1.82, 2.24) is 4.83 Å². The predicted molar refractivity (Wildman–Crippen MR) is 125 cm³/mol. The summed E-state index contributed by atoms with van der Waals surface area (Å²) in [6.07, 6.45) is 1.39. The summed E-state index contributed by atoms with van der Waals surface area (Å²) in [6.45, 7) is 5.25. The molecule has 0 fully saturated rings. The quantitative estimate of drug-likeness (QED) is 0.297. The van der Waals surface area contributed by atoms with E-state index in [1.807, 2.05) is 42.5 Å². The number of nitrogens with one attached hydrogen (secondary N) is 1. The molecule has 3 rings (SSSR count). The smallest absolute Gasteiger partial charge is 0.276 e. The average Bonchev–Trinajstić information content (AvgIpc) is 2.78. The number of hydrogen-bond donors (Lipinski definition) is 1. The number of anilines is 1. The van der Waals surface area contributed by atoms with E-state index < -0.39 is 14.9 Å². The van der Waals surface area contributed by atoms with E-state index in [1.165, 1.54) is 23.9 Å². The zero-order valence-electron chi connectivity index (χ0n) is 17.8. The molecular formula is C23H24N4O4S. The fraction of sp³-hybridized carbons (Fsp3) is 0.174. The number of nitro groups is 1. The van der Waals surface area contributed by atoms with Crippen LogP contribution in [0.25, 0.3) is 0 Å². The SMILES string of the molecule is CCN(Cc1ccccc1)c1ccc(C=NNS(=O)(=O)c2ccc(C)c([N+](=O)[O-])c2)cc1. The van der Waals surface area contributed by atoms with E-state index >= 15 is 0 Å². The van der Waals surface area contributed by atoms with Gasteiger partial charge in [-0.3, -0.25) is 10.1 Å². The maximum absolute atomic E-state index is 12.4. The Morgan fingerprint density at radius 2 is 1.75 bits per heavy atom. The van der Waals surface area contributed by atoms with E-state index in [-0.39, 0.29) is 10.6 Å². The summed E-state index contributed by atoms with van der Waals surface area (Å²) in [5.74, 6) is 0. The highest BCUT2D eigenvalue weighted by Crippen LogP contribution is 2.22. The Bertz CT molecular complexity index is 1210. The molecule has 0 aliphatic heterocycles. The maximum Gasteiger partial charge on any atom is 0.276 e. The van der Waals surface area contributed by atoms with Crippen molar-refractivity contribution in [3.05, 3.63) is 99.6 Å². The first-order chi connectivity index (χ1) is 15.3. The molecule has 9 heteroatoms. The molecule has 0 saturated carbocycles. The van der Waals surface area contributed by atoms with Gasteiger partial charge in [0.2, 0.25) is 0 Å². The van der Waals surface area contributed by atoms with Gasteiger partial charge in [0, 0.05) is 30.4 Å². The van der Waals surface area contributed by atoms with E-state index in [1.54, 1.807) is 6.92 Å². The molecule has 1 N–H and O–H groups in total. The van der Waals surface area contributed by atoms with Crippen molar-refractivity contribution in [3.63, 3.8) is 0 Å². The summed E-state index contributed by atoms with van der Waals surface area (Å²) < 4.78 is 24.8. The van der Waals surface area contributed by atoms with Crippen LogP contribution in [-0.4, -0.2) is 26.1 Å². The standard InChI is InChI=1S/C23H24N4O4S/c1-3-26(17-20-7-5-4-6-8-20)21-12-10-19(11-13-21)16-24-25-32(30,31)22-14-9-18(2)23(15-22)27(28)29/h4-16,25H,3,17H2,1-2H3. The van der Waals surface area contributed by atoms with Gasteiger partial charge in [-0.2, -0.15) is 13.5 Å². The Balaban J connectivity index is 1.68. The summed E-state index contributed by atoms with van der Waals surface area (Å²) in [7, 11) is -4.02. The third kappa shape index (κ3) is 5.70. The monoisotopic (exact) mass is 452 g/mol. The van der Waals surface area contributed by atoms with Gasteiger partial charge in [-0.15, -0.1) is 0 Å². The van der Waals surface area contributed by atoms with Crippen LogP contribution in [0.5, 0.6) is 0 Å². The zero-order valence-corrected chi connectivity index (χ0v) is 18.6. The van der Waals surface area contributed by atoms with Gasteiger partial charge >= 0.3 is 0 Å². The van der Waals surface area contributed by atoms with Crippen LogP contribution < -0.4 is 9.73 Å². The topological polar surface area (TPSA) is 105 Å². The molecule has 0 bridgehead atoms. The van der Waals surface area contributed by atoms with E-state index in [9.17, 15) is 18.5 Å². The second-order valence-corrected chi connectivity index (χ2v) is 8.81. The molecule has 0 aliphatic rings. The molecule has 32 heavy (non-hydrogen) atoms. The normalized spacial score (nSPS) is 11.4. The van der Waals surface area contributed by atoms with Crippen LogP contribution in [0, 0.1) is 17.0 Å². The van der Waals surface area contributed by atoms with E-state index in [2.05, 4.69) is 33.9 Å². The Morgan fingerprint density at radius 1 is 1.06 bits per heavy atom. The van der Waals surface area contributed by atoms with Crippen LogP contribution >= 0.6 is 0 Å². The van der Waals surface area contributed by atoms with E-state index in [4.69, 9.17) is 0 Å². The lowest BCUT2D eigenvalue weighted by Crippen LogP contribution is -2.21. The predicted octanol–water partition coefficient (Wildman–Crippen LogP) is 4.24. The number of benzene rings is 3. The first-order valence-electron chi connectivity index (χ1n) is 9.99. The molecular weight excluding hydrogens is 428 g/mol. The number of sulfonamides is 1. The van der Waals surface area contributed by atoms with Crippen molar-refractivity contribution in [1.29, 1.82) is 0 Å². The zero-order chi connectivity index (χ0) is 23.1. The molecule has 0 aromatic heterocycles. The number of hydrazone groups is 1. The lowest BCUT2D eigenvalue weighted by molar-refractivity contribution is -0.385. The van der Waals surface area contributed by atoms with Gasteiger partial charge < -0.3 is 4.90 Å². The second kappa shape index (κ2) is 10.1. The van der Waals surface area contributed by atoms with Crippen LogP contribution in [0.3, 0.4) is 0 Å². The first-order valence-corrected chi connectivity index (χ1v) is 11.5. The Morgan fingerprint density at radius 3 is 2.38 bits per heavy atom. The summed E-state index contributed by atoms with van der Waals surface area (Å²) in [6, 6.07) is 21.5. The van der Waals surface area contributed by atoms with Crippen LogP contribution in [0.4, 0.5) is 11.4 Å². The second-order valence-electron chi connectivity index (χ2n) is 7.15. The Kier molecular flexibility index (Phi) is 7.21. The van der Waals surface area contributed by atoms with Gasteiger partial charge in [0.1, 0.15) is 0 Å². The lowest BCUT2D eigenvalue weighted by atomic mass is 10.1. The van der Waals surface area contributed by atoms with Gasteiger partial charge in [-0.05, 0) is 43.2 Å². The summed E-state index contributed by atoms with van der Waals surface area (Å²) in [4.78, 5) is 14.5. The molecule has 8 nitrogen and oxygen atoms in total. The molecule has 0 heterocycles. The van der Waals surface area contributed by atoms with Crippen molar-refractivity contribution in [2.24, 2.45) is 5.10 Å². The highest BCUT2D eigenvalue weighted by Gasteiger charge is 2.19. The fourth-order valence-corrected chi connectivity index (χ4v) is 3.95. The van der Waals surface area contributed by atoms with E-state index in [0.29, 0.717) is 11.1 Å². The van der Waals surface area contributed by atoms with Crippen molar-refractivity contribution >= 4 is 27.6 Å². The molecule has 166 valence electrons. The summed E-state index contributed by atoms with van der Waals surface area (Å²) in [5, 5.41) is 14.9. The van der Waals surface area contributed by atoms with E-state index in [0.717, 1.165) is 24.8 Å². The van der Waals surface area contributed by atoms with Crippen molar-refractivity contribution in [2.75, 3.05) is 11.4 Å². The first kappa shape index (κ1) is 23.0. The van der Waals surface area contributed by atoms with Crippen LogP contribution in [0.2, 0.25) is 0 Å². The molecule has 0 radical (unpaired) electrons. The molecule has 0 saturated heterocycles. The number of hydrogen-bond acceptors (Lipinski definition) is 6. The van der Waals surface area contributed by atoms with Crippen molar-refractivity contribution in [2.45, 2.75) is 25.3 Å². The summed E-state index contributed by atoms with van der Waals surface area (Å²) >= 11 is 0. The minimum atomic E-state index is -4.02. The number of rotatable bonds is 9. The molecule has 0 amide bonds. The minimum Gasteiger partial charge on any atom is -0.367 e. The number of nitrogens with zero attached hydrogens (tertiary/aromatic N) is 3. The molecule has 0 atom stereocenters. The largest absolute Gasteiger partial charge is 0.367 e. The van der Waals surface area contributed by atoms with Crippen LogP contribution in [-0.2, 0) is 16.6 Å².